The number of benzene rings is 2. The summed E-state index contributed by atoms with van der Waals surface area (Å²) in [5.74, 6) is 0.508. The molecule has 2 amide bonds. The monoisotopic (exact) mass is 977 g/mol. The first-order valence-corrected chi connectivity index (χ1v) is 24.1. The van der Waals surface area contributed by atoms with Gasteiger partial charge in [0.25, 0.3) is 5.88 Å². The molecule has 2 saturated heterocycles. The van der Waals surface area contributed by atoms with Gasteiger partial charge in [0.1, 0.15) is 30.4 Å². The average molecular weight is 978 g/mol. The number of thiazole rings is 1. The van der Waals surface area contributed by atoms with Crippen molar-refractivity contribution in [1.82, 2.24) is 50.1 Å². The van der Waals surface area contributed by atoms with Crippen LogP contribution in [0.25, 0.3) is 32.8 Å². The molecule has 2 aromatic carbocycles. The second-order valence-corrected chi connectivity index (χ2v) is 19.0. The summed E-state index contributed by atoms with van der Waals surface area (Å²) in [4.78, 5) is 38.5. The van der Waals surface area contributed by atoms with Gasteiger partial charge in [-0.3, -0.25) is 24.1 Å². The first kappa shape index (κ1) is 49.6. The number of hydrogen-bond donors (Lipinski definition) is 4. The highest BCUT2D eigenvalue weighted by Crippen LogP contribution is 2.35. The number of halogens is 2. The summed E-state index contributed by atoms with van der Waals surface area (Å²) in [6.45, 7) is 11.4. The lowest BCUT2D eigenvalue weighted by atomic mass is 9.91. The Hall–Kier alpha value is -6.79. The molecule has 5 N–H and O–H groups in total. The summed E-state index contributed by atoms with van der Waals surface area (Å²) >= 11 is 1.57. The number of aryl methyl sites for hydroxylation is 1. The highest BCUT2D eigenvalue weighted by molar-refractivity contribution is 7.13. The van der Waals surface area contributed by atoms with Crippen molar-refractivity contribution in [2.45, 2.75) is 77.1 Å². The maximum absolute atomic E-state index is 15.2. The van der Waals surface area contributed by atoms with Crippen LogP contribution in [-0.2, 0) is 9.59 Å². The van der Waals surface area contributed by atoms with E-state index in [0.717, 1.165) is 21.7 Å². The maximum Gasteiger partial charge on any atom is 0.320 e. The second kappa shape index (κ2) is 21.5. The second-order valence-electron chi connectivity index (χ2n) is 18.2. The first-order chi connectivity index (χ1) is 33.5. The van der Waals surface area contributed by atoms with Crippen LogP contribution in [0.2, 0.25) is 0 Å². The standard InChI is InChI=1S/C50H57F2N11O6S/c1-30(2)45(49(67)62-27-37(64)22-41(62)48(66)56-32(4)34-10-12-35(13-11-34)46-33(5)54-29-70-46)43-24-44(59-69-43)68-21-20-60-16-18-61(19-17-60)28-50(51,52)15-14-31(3)63-26-36(25-55-63)39-23-40(57-58-47(39)53)38-8-6-7-9-42(38)65/h6-13,23-26,29-32,37,41,45,64-65H,16-22,27-28H2,1-5H3,(H2,53,58)(H,56,66)/t31?,32-,37+,41-,45+/m0/s1. The quantitative estimate of drug-likeness (QED) is 0.0797. The van der Waals surface area contributed by atoms with E-state index in [9.17, 15) is 19.8 Å². The lowest BCUT2D eigenvalue weighted by Gasteiger charge is -2.35. The predicted molar refractivity (Wildman–Crippen MR) is 260 cm³/mol. The Kier molecular flexibility index (Phi) is 15.2. The lowest BCUT2D eigenvalue weighted by molar-refractivity contribution is -0.141. The topological polar surface area (TPSA) is 214 Å². The smallest absolute Gasteiger partial charge is 0.320 e. The van der Waals surface area contributed by atoms with Gasteiger partial charge in [-0.15, -0.1) is 21.5 Å². The molecule has 20 heteroatoms. The fourth-order valence-corrected chi connectivity index (χ4v) is 9.60. The Morgan fingerprint density at radius 3 is 2.47 bits per heavy atom. The number of ether oxygens (including phenoxy) is 1. The zero-order chi connectivity index (χ0) is 49.7. The van der Waals surface area contributed by atoms with Crippen molar-refractivity contribution in [2.75, 3.05) is 58.2 Å². The number of nitrogens with zero attached hydrogens (tertiary/aromatic N) is 9. The van der Waals surface area contributed by atoms with E-state index < -0.39 is 36.6 Å². The number of carbonyl (C=O) groups excluding carboxylic acids is 2. The number of aromatic hydroxyl groups is 1. The number of phenols is 1. The van der Waals surface area contributed by atoms with Crippen molar-refractivity contribution in [2.24, 2.45) is 5.92 Å². The third kappa shape index (κ3) is 11.6. The Bertz CT molecular complexity index is 2830. The molecule has 6 heterocycles. The summed E-state index contributed by atoms with van der Waals surface area (Å²) in [5.41, 5.74) is 12.9. The minimum Gasteiger partial charge on any atom is -0.507 e. The number of nitrogens with two attached hydrogens (primary N) is 1. The molecule has 0 spiro atoms. The molecule has 0 radical (unpaired) electrons. The van der Waals surface area contributed by atoms with Crippen LogP contribution in [0, 0.1) is 24.7 Å². The van der Waals surface area contributed by atoms with Crippen molar-refractivity contribution >= 4 is 29.0 Å². The lowest BCUT2D eigenvalue weighted by Crippen LogP contribution is -2.50. The molecular formula is C50H57F2N11O6S. The number of alkyl halides is 2. The van der Waals surface area contributed by atoms with E-state index in [1.165, 1.54) is 9.58 Å². The number of amides is 2. The van der Waals surface area contributed by atoms with Crippen LogP contribution < -0.4 is 15.8 Å². The van der Waals surface area contributed by atoms with Crippen LogP contribution in [0.15, 0.2) is 83.1 Å². The summed E-state index contributed by atoms with van der Waals surface area (Å²) in [7, 11) is 0. The van der Waals surface area contributed by atoms with Crippen LogP contribution >= 0.6 is 11.3 Å². The van der Waals surface area contributed by atoms with Gasteiger partial charge >= 0.3 is 5.92 Å². The van der Waals surface area contributed by atoms with Gasteiger partial charge in [-0.25, -0.2) is 4.98 Å². The van der Waals surface area contributed by atoms with E-state index >= 15 is 8.78 Å². The van der Waals surface area contributed by atoms with Gasteiger partial charge in [0.05, 0.1) is 46.7 Å². The summed E-state index contributed by atoms with van der Waals surface area (Å²) in [6.07, 6.45) is 2.45. The van der Waals surface area contributed by atoms with Crippen molar-refractivity contribution < 1.29 is 37.8 Å². The third-order valence-corrected chi connectivity index (χ3v) is 13.7. The number of hydrogen-bond acceptors (Lipinski definition) is 15. The molecule has 368 valence electrons. The molecule has 6 aromatic rings. The van der Waals surface area contributed by atoms with Gasteiger partial charge < -0.3 is 35.4 Å². The summed E-state index contributed by atoms with van der Waals surface area (Å²) in [5, 5.41) is 40.6. The van der Waals surface area contributed by atoms with Crippen molar-refractivity contribution in [3.8, 4) is 56.3 Å². The minimum atomic E-state index is -3.27. The molecule has 2 aliphatic rings. The van der Waals surface area contributed by atoms with Crippen LogP contribution in [0.4, 0.5) is 14.6 Å². The van der Waals surface area contributed by atoms with E-state index in [1.807, 2.05) is 57.5 Å². The van der Waals surface area contributed by atoms with Gasteiger partial charge in [-0.1, -0.05) is 56.2 Å². The van der Waals surface area contributed by atoms with Gasteiger partial charge in [0.15, 0.2) is 11.6 Å². The molecule has 5 atom stereocenters. The molecule has 70 heavy (non-hydrogen) atoms. The number of phenolic OH excluding ortho intramolecular Hbond substituents is 1. The molecule has 0 aliphatic carbocycles. The number of β-amino-alcohol motifs (C(OH)–C–C–N with tert-alkyl or cyclic N) is 1. The molecule has 4 aromatic heterocycles. The number of rotatable bonds is 16. The Morgan fingerprint density at radius 1 is 1.01 bits per heavy atom. The zero-order valence-electron chi connectivity index (χ0n) is 39.6. The third-order valence-electron chi connectivity index (χ3n) is 12.7. The number of aliphatic hydroxyl groups is 1. The molecule has 0 saturated carbocycles. The molecular weight excluding hydrogens is 921 g/mol. The van der Waals surface area contributed by atoms with E-state index in [2.05, 4.69) is 47.5 Å². The minimum absolute atomic E-state index is 0.00786. The van der Waals surface area contributed by atoms with E-state index in [0.29, 0.717) is 55.1 Å². The number of carbonyl (C=O) groups is 2. The van der Waals surface area contributed by atoms with Crippen LogP contribution in [0.5, 0.6) is 11.6 Å². The number of nitrogens with one attached hydrogen (secondary N) is 1. The largest absolute Gasteiger partial charge is 0.507 e. The van der Waals surface area contributed by atoms with Gasteiger partial charge in [-0.05, 0) is 67.1 Å². The highest BCUT2D eigenvalue weighted by Gasteiger charge is 2.43. The van der Waals surface area contributed by atoms with Crippen LogP contribution in [0.1, 0.15) is 69.1 Å². The SMILES string of the molecule is Cc1ncsc1-c1ccc([C@H](C)NC(=O)[C@@H]2C[C@@H](O)CN2C(=O)[C@@H](c2cc(OCCN3CCN(CC(F)(F)C#CC(C)n4cc(-c5cc(-c6ccccc6O)nnc5N)cn4)CC3)no2)C(C)C)cc1. The maximum atomic E-state index is 15.2. The predicted octanol–water partition coefficient (Wildman–Crippen LogP) is 6.19. The molecule has 1 unspecified atom stereocenters. The number of aromatic nitrogens is 6. The molecule has 2 aliphatic heterocycles. The Balaban J connectivity index is 0.789. The molecule has 2 fully saturated rings. The summed E-state index contributed by atoms with van der Waals surface area (Å²) < 4.78 is 43.5. The summed E-state index contributed by atoms with van der Waals surface area (Å²) in [6, 6.07) is 16.0. The number of nitrogen functional groups attached to an aromatic ring is 1. The number of piperazine rings is 1. The Morgan fingerprint density at radius 2 is 1.76 bits per heavy atom. The van der Waals surface area contributed by atoms with Crippen molar-refractivity contribution in [3.63, 3.8) is 0 Å². The van der Waals surface area contributed by atoms with E-state index in [-0.39, 0.29) is 66.6 Å². The molecule has 17 nitrogen and oxygen atoms in total. The number of para-hydroxylation sites is 1. The Labute approximate surface area is 408 Å². The molecule has 8 rings (SSSR count). The van der Waals surface area contributed by atoms with E-state index in [4.69, 9.17) is 15.0 Å². The van der Waals surface area contributed by atoms with Crippen molar-refractivity contribution in [3.05, 3.63) is 95.6 Å². The zero-order valence-corrected chi connectivity index (χ0v) is 40.4. The molecule has 0 bridgehead atoms. The number of likely N-dealkylation sites (tertiary alicyclic amines) is 1. The fourth-order valence-electron chi connectivity index (χ4n) is 8.79. The van der Waals surface area contributed by atoms with Gasteiger partial charge in [0.2, 0.25) is 11.8 Å². The fraction of sp³-hybridized carbons (Fsp3) is 0.420. The van der Waals surface area contributed by atoms with Gasteiger partial charge in [-0.2, -0.15) is 13.9 Å². The van der Waals surface area contributed by atoms with Crippen molar-refractivity contribution in [1.29, 1.82) is 0 Å². The van der Waals surface area contributed by atoms with Crippen LogP contribution in [0.3, 0.4) is 0 Å². The van der Waals surface area contributed by atoms with Crippen LogP contribution in [-0.4, -0.2) is 137 Å². The number of aliphatic hydroxyl groups excluding tert-OH is 1. The number of anilines is 1. The van der Waals surface area contributed by atoms with E-state index in [1.54, 1.807) is 72.0 Å². The van der Waals surface area contributed by atoms with Gasteiger partial charge in [0, 0.05) is 74.6 Å². The highest BCUT2D eigenvalue weighted by atomic mass is 32.1. The first-order valence-electron chi connectivity index (χ1n) is 23.2. The average Bonchev–Trinajstić information content (AvgIpc) is 4.18. The normalized spacial score (nSPS) is 18.0.